The molecule has 0 radical (unpaired) electrons. The predicted octanol–water partition coefficient (Wildman–Crippen LogP) is 5.42. The topological polar surface area (TPSA) is 102 Å². The van der Waals surface area contributed by atoms with Crippen molar-refractivity contribution >= 4 is 40.2 Å². The molecule has 3 unspecified atom stereocenters. The number of rotatable bonds is 11. The van der Waals surface area contributed by atoms with E-state index in [1.54, 1.807) is 25.6 Å². The largest absolute Gasteiger partial charge is 0.497 e. The summed E-state index contributed by atoms with van der Waals surface area (Å²) >= 11 is 7.92. The maximum atomic E-state index is 13.8. The van der Waals surface area contributed by atoms with Crippen LogP contribution in [-0.2, 0) is 4.79 Å². The number of nitrogens with two attached hydrogens (primary N) is 1. The Morgan fingerprint density at radius 3 is 2.95 bits per heavy atom. The molecule has 7 nitrogen and oxygen atoms in total. The van der Waals surface area contributed by atoms with E-state index in [9.17, 15) is 14.3 Å². The minimum atomic E-state index is -0.790. The van der Waals surface area contributed by atoms with E-state index in [0.717, 1.165) is 42.4 Å². The van der Waals surface area contributed by atoms with Gasteiger partial charge in [0, 0.05) is 49.1 Å². The van der Waals surface area contributed by atoms with Gasteiger partial charge in [0.2, 0.25) is 0 Å². The van der Waals surface area contributed by atoms with E-state index in [1.807, 2.05) is 18.2 Å². The molecule has 1 saturated heterocycles. The number of benzene rings is 1. The summed E-state index contributed by atoms with van der Waals surface area (Å²) in [6, 6.07) is 8.33. The summed E-state index contributed by atoms with van der Waals surface area (Å²) in [6.45, 7) is 2.33. The highest BCUT2D eigenvalue weighted by molar-refractivity contribution is 7.99. The molecule has 3 aromatic rings. The molecule has 37 heavy (non-hydrogen) atoms. The van der Waals surface area contributed by atoms with E-state index < -0.39 is 5.97 Å². The third-order valence-electron chi connectivity index (χ3n) is 7.07. The van der Waals surface area contributed by atoms with Crippen LogP contribution >= 0.6 is 23.4 Å². The summed E-state index contributed by atoms with van der Waals surface area (Å²) in [5.41, 5.74) is 8.30. The molecular weight excluding hydrogens is 515 g/mol. The lowest BCUT2D eigenvalue weighted by atomic mass is 9.79. The van der Waals surface area contributed by atoms with Gasteiger partial charge in [0.25, 0.3) is 0 Å². The SMILES string of the molecule is COc1ccc2ncc(Cl)c(C(N)CCC3CCN(CCSc4ncccc4F)CC3CC(=O)O)c2c1. The van der Waals surface area contributed by atoms with Crippen LogP contribution in [0.15, 0.2) is 47.8 Å². The Kier molecular flexibility index (Phi) is 9.59. The molecule has 1 aliphatic rings. The van der Waals surface area contributed by atoms with Gasteiger partial charge in [0.05, 0.1) is 17.6 Å². The lowest BCUT2D eigenvalue weighted by Gasteiger charge is -2.38. The molecule has 0 spiro atoms. The Morgan fingerprint density at radius 2 is 2.19 bits per heavy atom. The fraction of sp³-hybridized carbons (Fsp3) is 0.444. The first-order valence-corrected chi connectivity index (χ1v) is 13.8. The number of carbonyl (C=O) groups is 1. The lowest BCUT2D eigenvalue weighted by molar-refractivity contribution is -0.139. The Balaban J connectivity index is 1.38. The molecular formula is C27H32ClFN4O3S. The number of nitrogens with zero attached hydrogens (tertiary/aromatic N) is 3. The highest BCUT2D eigenvalue weighted by atomic mass is 35.5. The molecule has 0 amide bonds. The second kappa shape index (κ2) is 12.9. The maximum Gasteiger partial charge on any atom is 0.303 e. The molecule has 3 heterocycles. The van der Waals surface area contributed by atoms with E-state index in [4.69, 9.17) is 22.1 Å². The molecule has 10 heteroatoms. The van der Waals surface area contributed by atoms with Gasteiger partial charge in [-0.25, -0.2) is 9.37 Å². The number of carboxylic acid groups (broad SMARTS) is 1. The normalized spacial score (nSPS) is 19.1. The summed E-state index contributed by atoms with van der Waals surface area (Å²) in [4.78, 5) is 22.4. The number of methoxy groups -OCH3 is 1. The van der Waals surface area contributed by atoms with Gasteiger partial charge in [-0.2, -0.15) is 0 Å². The van der Waals surface area contributed by atoms with Gasteiger partial charge in [-0.15, -0.1) is 11.8 Å². The number of aliphatic carboxylic acids is 1. The van der Waals surface area contributed by atoms with Crippen LogP contribution < -0.4 is 10.5 Å². The highest BCUT2D eigenvalue weighted by Crippen LogP contribution is 2.36. The number of piperidine rings is 1. The molecule has 4 rings (SSSR count). The van der Waals surface area contributed by atoms with Crippen LogP contribution in [0.5, 0.6) is 5.75 Å². The van der Waals surface area contributed by atoms with Crippen molar-refractivity contribution in [3.05, 3.63) is 59.1 Å². The van der Waals surface area contributed by atoms with Crippen molar-refractivity contribution in [2.45, 2.75) is 36.8 Å². The zero-order chi connectivity index (χ0) is 26.4. The summed E-state index contributed by atoms with van der Waals surface area (Å²) < 4.78 is 19.2. The predicted molar refractivity (Wildman–Crippen MR) is 145 cm³/mol. The molecule has 0 saturated carbocycles. The van der Waals surface area contributed by atoms with E-state index in [2.05, 4.69) is 14.9 Å². The van der Waals surface area contributed by atoms with Crippen LogP contribution in [0, 0.1) is 17.7 Å². The molecule has 1 fully saturated rings. The Morgan fingerprint density at radius 1 is 1.35 bits per heavy atom. The summed E-state index contributed by atoms with van der Waals surface area (Å²) in [6.07, 6.45) is 5.73. The van der Waals surface area contributed by atoms with Crippen LogP contribution in [0.3, 0.4) is 0 Å². The van der Waals surface area contributed by atoms with Crippen molar-refractivity contribution in [2.24, 2.45) is 17.6 Å². The van der Waals surface area contributed by atoms with Crippen molar-refractivity contribution in [1.29, 1.82) is 0 Å². The van der Waals surface area contributed by atoms with Crippen LogP contribution in [0.1, 0.15) is 37.3 Å². The van der Waals surface area contributed by atoms with Crippen molar-refractivity contribution in [2.75, 3.05) is 32.5 Å². The van der Waals surface area contributed by atoms with Gasteiger partial charge < -0.3 is 20.5 Å². The van der Waals surface area contributed by atoms with E-state index in [1.165, 1.54) is 17.8 Å². The van der Waals surface area contributed by atoms with Crippen molar-refractivity contribution in [1.82, 2.24) is 14.9 Å². The van der Waals surface area contributed by atoms with E-state index in [-0.39, 0.29) is 30.1 Å². The number of hydrogen-bond acceptors (Lipinski definition) is 7. The number of likely N-dealkylation sites (tertiary alicyclic amines) is 1. The number of halogens is 2. The third-order valence-corrected chi connectivity index (χ3v) is 8.33. The number of ether oxygens (including phenoxy) is 1. The number of pyridine rings is 2. The van der Waals surface area contributed by atoms with Gasteiger partial charge in [-0.3, -0.25) is 9.78 Å². The van der Waals surface area contributed by atoms with Crippen molar-refractivity contribution < 1.29 is 19.0 Å². The fourth-order valence-corrected chi connectivity index (χ4v) is 6.33. The van der Waals surface area contributed by atoms with Gasteiger partial charge in [-0.05, 0) is 73.5 Å². The molecule has 3 atom stereocenters. The number of aromatic nitrogens is 2. The standard InChI is InChI=1S/C27H32ClFN4O3S/c1-36-19-5-7-24-20(14-19)26(21(28)15-32-24)23(30)6-4-17-8-10-33(16-18(17)13-25(34)35)11-12-37-27-22(29)3-2-9-31-27/h2-3,5,7,9,14-15,17-18,23H,4,6,8,10-13,16,30H2,1H3,(H,34,35). The molecule has 1 aromatic carbocycles. The molecule has 3 N–H and O–H groups in total. The maximum absolute atomic E-state index is 13.8. The van der Waals surface area contributed by atoms with Gasteiger partial charge in [0.1, 0.15) is 10.8 Å². The summed E-state index contributed by atoms with van der Waals surface area (Å²) in [5, 5.41) is 11.3. The Labute approximate surface area is 225 Å². The zero-order valence-corrected chi connectivity index (χ0v) is 22.3. The average molecular weight is 547 g/mol. The van der Waals surface area contributed by atoms with Gasteiger partial charge in [0.15, 0.2) is 5.82 Å². The van der Waals surface area contributed by atoms with Crippen LogP contribution in [0.25, 0.3) is 10.9 Å². The molecule has 198 valence electrons. The van der Waals surface area contributed by atoms with E-state index in [0.29, 0.717) is 34.5 Å². The molecule has 2 aromatic heterocycles. The van der Waals surface area contributed by atoms with Crippen LogP contribution in [0.4, 0.5) is 4.39 Å². The minimum absolute atomic E-state index is 0.0276. The smallest absolute Gasteiger partial charge is 0.303 e. The van der Waals surface area contributed by atoms with Crippen LogP contribution in [-0.4, -0.2) is 58.4 Å². The zero-order valence-electron chi connectivity index (χ0n) is 20.8. The fourth-order valence-electron chi connectivity index (χ4n) is 5.15. The monoisotopic (exact) mass is 546 g/mol. The Bertz CT molecular complexity index is 1230. The highest BCUT2D eigenvalue weighted by Gasteiger charge is 2.31. The minimum Gasteiger partial charge on any atom is -0.497 e. The molecule has 0 bridgehead atoms. The van der Waals surface area contributed by atoms with Gasteiger partial charge >= 0.3 is 5.97 Å². The van der Waals surface area contributed by atoms with E-state index >= 15 is 0 Å². The lowest BCUT2D eigenvalue weighted by Crippen LogP contribution is -2.42. The second-order valence-electron chi connectivity index (χ2n) is 9.43. The first-order valence-electron chi connectivity index (χ1n) is 12.4. The van der Waals surface area contributed by atoms with Crippen LogP contribution in [0.2, 0.25) is 5.02 Å². The first-order chi connectivity index (χ1) is 17.9. The average Bonchev–Trinajstić information content (AvgIpc) is 2.88. The molecule has 1 aliphatic heterocycles. The van der Waals surface area contributed by atoms with Crippen molar-refractivity contribution in [3.8, 4) is 5.75 Å². The number of fused-ring (bicyclic) bond motifs is 1. The summed E-state index contributed by atoms with van der Waals surface area (Å²) in [7, 11) is 1.61. The second-order valence-corrected chi connectivity index (χ2v) is 10.9. The first kappa shape index (κ1) is 27.6. The third kappa shape index (κ3) is 7.10. The summed E-state index contributed by atoms with van der Waals surface area (Å²) in [5.74, 6) is 0.580. The van der Waals surface area contributed by atoms with Crippen molar-refractivity contribution in [3.63, 3.8) is 0 Å². The van der Waals surface area contributed by atoms with Gasteiger partial charge in [-0.1, -0.05) is 11.6 Å². The number of carboxylic acids is 1. The quantitative estimate of drug-likeness (QED) is 0.308. The molecule has 0 aliphatic carbocycles. The number of hydrogen-bond donors (Lipinski definition) is 2. The Hall–Kier alpha value is -2.46. The number of thioether (sulfide) groups is 1.